The third kappa shape index (κ3) is 1.30. The van der Waals surface area contributed by atoms with Gasteiger partial charge in [-0.3, -0.25) is 0 Å². The third-order valence-electron chi connectivity index (χ3n) is 3.35. The molecule has 2 nitrogen and oxygen atoms in total. The second kappa shape index (κ2) is 2.76. The van der Waals surface area contributed by atoms with E-state index in [0.29, 0.717) is 5.54 Å². The van der Waals surface area contributed by atoms with Crippen LogP contribution < -0.4 is 10.6 Å². The lowest BCUT2D eigenvalue weighted by atomic mass is 9.70. The molecule has 0 aromatic carbocycles. The van der Waals surface area contributed by atoms with Crippen LogP contribution in [-0.2, 0) is 0 Å². The SMILES string of the molecule is CNC1CCNC2(CCC2)C1. The number of hydrogen-bond donors (Lipinski definition) is 2. The smallest absolute Gasteiger partial charge is 0.0196 e. The normalized spacial score (nSPS) is 35.2. The van der Waals surface area contributed by atoms with E-state index in [9.17, 15) is 0 Å². The molecule has 0 bridgehead atoms. The zero-order chi connectivity index (χ0) is 7.73. The molecule has 1 spiro atoms. The summed E-state index contributed by atoms with van der Waals surface area (Å²) < 4.78 is 0. The van der Waals surface area contributed by atoms with Crippen LogP contribution in [0.3, 0.4) is 0 Å². The first-order valence-corrected chi connectivity index (χ1v) is 4.77. The van der Waals surface area contributed by atoms with Gasteiger partial charge in [0.05, 0.1) is 0 Å². The minimum atomic E-state index is 0.561. The van der Waals surface area contributed by atoms with Crippen LogP contribution in [0.1, 0.15) is 32.1 Å². The first kappa shape index (κ1) is 7.56. The van der Waals surface area contributed by atoms with E-state index in [-0.39, 0.29) is 0 Å². The van der Waals surface area contributed by atoms with Gasteiger partial charge in [0.2, 0.25) is 0 Å². The van der Waals surface area contributed by atoms with Crippen LogP contribution in [0.15, 0.2) is 0 Å². The molecule has 1 saturated carbocycles. The Morgan fingerprint density at radius 3 is 2.82 bits per heavy atom. The van der Waals surface area contributed by atoms with Crippen LogP contribution in [-0.4, -0.2) is 25.2 Å². The molecule has 2 rings (SSSR count). The van der Waals surface area contributed by atoms with Crippen molar-refractivity contribution in [1.29, 1.82) is 0 Å². The molecule has 11 heavy (non-hydrogen) atoms. The van der Waals surface area contributed by atoms with E-state index < -0.39 is 0 Å². The zero-order valence-electron chi connectivity index (χ0n) is 7.32. The van der Waals surface area contributed by atoms with Gasteiger partial charge in [0.25, 0.3) is 0 Å². The summed E-state index contributed by atoms with van der Waals surface area (Å²) in [7, 11) is 2.09. The van der Waals surface area contributed by atoms with Crippen LogP contribution in [0.5, 0.6) is 0 Å². The van der Waals surface area contributed by atoms with Gasteiger partial charge in [-0.05, 0) is 45.7 Å². The minimum absolute atomic E-state index is 0.561. The molecule has 1 unspecified atom stereocenters. The Labute approximate surface area is 68.7 Å². The standard InChI is InChI=1S/C9H18N2/c1-10-8-3-6-11-9(7-8)4-2-5-9/h8,10-11H,2-7H2,1H3. The number of nitrogens with one attached hydrogen (secondary N) is 2. The monoisotopic (exact) mass is 154 g/mol. The van der Waals surface area contributed by atoms with E-state index in [1.54, 1.807) is 0 Å². The van der Waals surface area contributed by atoms with Gasteiger partial charge in [-0.15, -0.1) is 0 Å². The van der Waals surface area contributed by atoms with Crippen molar-refractivity contribution < 1.29 is 0 Å². The van der Waals surface area contributed by atoms with Crippen LogP contribution >= 0.6 is 0 Å². The van der Waals surface area contributed by atoms with Crippen LogP contribution in [0.4, 0.5) is 0 Å². The quantitative estimate of drug-likeness (QED) is 0.586. The Hall–Kier alpha value is -0.0800. The first-order valence-electron chi connectivity index (χ1n) is 4.77. The molecule has 64 valence electrons. The summed E-state index contributed by atoms with van der Waals surface area (Å²) in [5.41, 5.74) is 0.561. The molecule has 0 aromatic rings. The molecule has 2 heteroatoms. The molecule has 0 amide bonds. The lowest BCUT2D eigenvalue weighted by Crippen LogP contribution is -2.58. The molecule has 1 saturated heterocycles. The molecule has 1 heterocycles. The summed E-state index contributed by atoms with van der Waals surface area (Å²) in [6.07, 6.45) is 6.90. The Bertz CT molecular complexity index is 140. The average Bonchev–Trinajstić information content (AvgIpc) is 2.02. The summed E-state index contributed by atoms with van der Waals surface area (Å²) in [6.45, 7) is 1.21. The fourth-order valence-corrected chi connectivity index (χ4v) is 2.39. The predicted octanol–water partition coefficient (Wildman–Crippen LogP) is 0.880. The summed E-state index contributed by atoms with van der Waals surface area (Å²) in [5.74, 6) is 0. The molecule has 0 radical (unpaired) electrons. The van der Waals surface area contributed by atoms with Crippen LogP contribution in [0.25, 0.3) is 0 Å². The maximum absolute atomic E-state index is 3.66. The summed E-state index contributed by atoms with van der Waals surface area (Å²) >= 11 is 0. The Morgan fingerprint density at radius 1 is 1.45 bits per heavy atom. The number of rotatable bonds is 1. The van der Waals surface area contributed by atoms with E-state index in [1.165, 1.54) is 38.6 Å². The lowest BCUT2D eigenvalue weighted by molar-refractivity contribution is 0.122. The van der Waals surface area contributed by atoms with E-state index in [0.717, 1.165) is 6.04 Å². The summed E-state index contributed by atoms with van der Waals surface area (Å²) in [6, 6.07) is 0.775. The van der Waals surface area contributed by atoms with Gasteiger partial charge in [-0.1, -0.05) is 0 Å². The van der Waals surface area contributed by atoms with Crippen molar-refractivity contribution in [3.05, 3.63) is 0 Å². The second-order valence-electron chi connectivity index (χ2n) is 4.04. The highest BCUT2D eigenvalue weighted by Gasteiger charge is 2.40. The Morgan fingerprint density at radius 2 is 2.27 bits per heavy atom. The van der Waals surface area contributed by atoms with Crippen LogP contribution in [0, 0.1) is 0 Å². The summed E-state index contributed by atoms with van der Waals surface area (Å²) in [4.78, 5) is 0. The molecule has 0 aromatic heterocycles. The maximum atomic E-state index is 3.66. The van der Waals surface area contributed by atoms with Crippen molar-refractivity contribution in [1.82, 2.24) is 10.6 Å². The third-order valence-corrected chi connectivity index (χ3v) is 3.35. The highest BCUT2D eigenvalue weighted by Crippen LogP contribution is 2.38. The van der Waals surface area contributed by atoms with Gasteiger partial charge >= 0.3 is 0 Å². The number of piperidine rings is 1. The minimum Gasteiger partial charge on any atom is -0.317 e. The molecule has 2 N–H and O–H groups in total. The number of hydrogen-bond acceptors (Lipinski definition) is 2. The second-order valence-corrected chi connectivity index (χ2v) is 4.04. The maximum Gasteiger partial charge on any atom is 0.0196 e. The van der Waals surface area contributed by atoms with Crippen molar-refractivity contribution in [3.8, 4) is 0 Å². The average molecular weight is 154 g/mol. The molecular formula is C9H18N2. The van der Waals surface area contributed by atoms with Crippen molar-refractivity contribution in [3.63, 3.8) is 0 Å². The van der Waals surface area contributed by atoms with Crippen molar-refractivity contribution in [2.75, 3.05) is 13.6 Å². The van der Waals surface area contributed by atoms with Crippen molar-refractivity contribution in [2.24, 2.45) is 0 Å². The molecule has 1 atom stereocenters. The largest absolute Gasteiger partial charge is 0.317 e. The molecule has 2 fully saturated rings. The topological polar surface area (TPSA) is 24.1 Å². The van der Waals surface area contributed by atoms with Crippen molar-refractivity contribution >= 4 is 0 Å². The van der Waals surface area contributed by atoms with E-state index >= 15 is 0 Å². The van der Waals surface area contributed by atoms with E-state index in [2.05, 4.69) is 17.7 Å². The lowest BCUT2D eigenvalue weighted by Gasteiger charge is -2.48. The fourth-order valence-electron chi connectivity index (χ4n) is 2.39. The molecular weight excluding hydrogens is 136 g/mol. The molecule has 1 aliphatic carbocycles. The van der Waals surface area contributed by atoms with Gasteiger partial charge in [0, 0.05) is 11.6 Å². The van der Waals surface area contributed by atoms with E-state index in [4.69, 9.17) is 0 Å². The van der Waals surface area contributed by atoms with Crippen molar-refractivity contribution in [2.45, 2.75) is 43.7 Å². The molecule has 1 aliphatic heterocycles. The van der Waals surface area contributed by atoms with Gasteiger partial charge in [-0.2, -0.15) is 0 Å². The van der Waals surface area contributed by atoms with Gasteiger partial charge in [-0.25, -0.2) is 0 Å². The van der Waals surface area contributed by atoms with E-state index in [1.807, 2.05) is 0 Å². The summed E-state index contributed by atoms with van der Waals surface area (Å²) in [5, 5.41) is 7.04. The highest BCUT2D eigenvalue weighted by molar-refractivity contribution is 5.01. The predicted molar refractivity (Wildman–Crippen MR) is 46.7 cm³/mol. The van der Waals surface area contributed by atoms with Gasteiger partial charge in [0.15, 0.2) is 0 Å². The Balaban J connectivity index is 1.92. The molecule has 2 aliphatic rings. The first-order chi connectivity index (χ1) is 5.35. The zero-order valence-corrected chi connectivity index (χ0v) is 7.32. The van der Waals surface area contributed by atoms with Crippen LogP contribution in [0.2, 0.25) is 0 Å². The fraction of sp³-hybridized carbons (Fsp3) is 1.00. The van der Waals surface area contributed by atoms with Gasteiger partial charge < -0.3 is 10.6 Å². The van der Waals surface area contributed by atoms with Gasteiger partial charge in [0.1, 0.15) is 0 Å². The Kier molecular flexibility index (Phi) is 1.90. The highest BCUT2D eigenvalue weighted by atomic mass is 15.0.